The van der Waals surface area contributed by atoms with E-state index >= 15 is 0 Å². The summed E-state index contributed by atoms with van der Waals surface area (Å²) in [6, 6.07) is 19.4. The van der Waals surface area contributed by atoms with E-state index in [1.54, 1.807) is 6.92 Å². The van der Waals surface area contributed by atoms with Crippen LogP contribution in [0.4, 0.5) is 0 Å². The molecule has 0 saturated carbocycles. The van der Waals surface area contributed by atoms with E-state index in [4.69, 9.17) is 0 Å². The molecule has 1 aromatic heterocycles. The number of likely N-dealkylation sites (tertiary alicyclic amines) is 2. The normalized spacial score (nSPS) is 23.5. The van der Waals surface area contributed by atoms with Crippen LogP contribution in [0.3, 0.4) is 0 Å². The Labute approximate surface area is 194 Å². The number of rotatable bonds is 2. The lowest BCUT2D eigenvalue weighted by Crippen LogP contribution is -2.53. The van der Waals surface area contributed by atoms with E-state index in [2.05, 4.69) is 45.9 Å². The monoisotopic (exact) mass is 441 g/mol. The summed E-state index contributed by atoms with van der Waals surface area (Å²) >= 11 is 0. The molecule has 2 aromatic carbocycles. The average Bonchev–Trinajstić information content (AvgIpc) is 2.84. The fraction of sp³-hybridized carbons (Fsp3) is 0.429. The van der Waals surface area contributed by atoms with Crippen LogP contribution in [0, 0.1) is 5.92 Å². The first-order valence-electron chi connectivity index (χ1n) is 12.3. The molecular formula is C28H31N3O2. The van der Waals surface area contributed by atoms with Crippen LogP contribution in [0.15, 0.2) is 59.4 Å². The van der Waals surface area contributed by atoms with Gasteiger partial charge in [0.25, 0.3) is 5.56 Å². The average molecular weight is 442 g/mol. The summed E-state index contributed by atoms with van der Waals surface area (Å²) in [5.74, 6) is 1.13. The number of carbonyl (C=O) groups is 1. The fourth-order valence-electron chi connectivity index (χ4n) is 6.40. The Balaban J connectivity index is 1.26. The summed E-state index contributed by atoms with van der Waals surface area (Å²) in [6.07, 6.45) is 3.30. The molecule has 5 nitrogen and oxygen atoms in total. The standard InChI is InChI=1S/C28H31N3O2/c1-19(32)29-12-10-25(11-13-29)30-16-20-14-24(18-30)27-9-8-26(28(33)31(27)17-20)23-7-6-21-4-2-3-5-22(21)15-23/h2-9,15,20,24-25H,10-14,16-18H2,1H3/t20-,24+/m0/s1. The molecule has 2 atom stereocenters. The topological polar surface area (TPSA) is 45.6 Å². The fourth-order valence-corrected chi connectivity index (χ4v) is 6.40. The van der Waals surface area contributed by atoms with Crippen molar-refractivity contribution >= 4 is 16.7 Å². The molecule has 0 radical (unpaired) electrons. The Bertz CT molecular complexity index is 1270. The second-order valence-corrected chi connectivity index (χ2v) is 10.1. The quantitative estimate of drug-likeness (QED) is 0.602. The maximum Gasteiger partial charge on any atom is 0.258 e. The second-order valence-electron chi connectivity index (χ2n) is 10.1. The first kappa shape index (κ1) is 20.7. The van der Waals surface area contributed by atoms with E-state index in [-0.39, 0.29) is 11.5 Å². The van der Waals surface area contributed by atoms with Crippen LogP contribution < -0.4 is 5.56 Å². The molecule has 33 heavy (non-hydrogen) atoms. The summed E-state index contributed by atoms with van der Waals surface area (Å²) in [5, 5.41) is 2.36. The predicted octanol–water partition coefficient (Wildman–Crippen LogP) is 4.10. The lowest BCUT2D eigenvalue weighted by Gasteiger charge is -2.47. The van der Waals surface area contributed by atoms with Gasteiger partial charge in [0.1, 0.15) is 0 Å². The van der Waals surface area contributed by atoms with Gasteiger partial charge in [-0.1, -0.05) is 36.4 Å². The van der Waals surface area contributed by atoms with Crippen LogP contribution in [0.5, 0.6) is 0 Å². The molecule has 1 amide bonds. The Morgan fingerprint density at radius 3 is 2.48 bits per heavy atom. The summed E-state index contributed by atoms with van der Waals surface area (Å²) in [4.78, 5) is 29.9. The SMILES string of the molecule is CC(=O)N1CCC(N2C[C@@H]3C[C@H](C2)c2ccc(-c4ccc5ccccc5c4)c(=O)n2C3)CC1. The predicted molar refractivity (Wildman–Crippen MR) is 131 cm³/mol. The number of benzene rings is 2. The molecule has 5 heteroatoms. The number of hydrogen-bond acceptors (Lipinski definition) is 3. The summed E-state index contributed by atoms with van der Waals surface area (Å²) in [7, 11) is 0. The molecule has 0 spiro atoms. The molecule has 4 heterocycles. The largest absolute Gasteiger partial charge is 0.343 e. The molecule has 2 saturated heterocycles. The molecule has 2 fully saturated rings. The molecule has 170 valence electrons. The van der Waals surface area contributed by atoms with Crippen LogP contribution in [0.2, 0.25) is 0 Å². The first-order chi connectivity index (χ1) is 16.1. The van der Waals surface area contributed by atoms with Crippen molar-refractivity contribution in [3.8, 4) is 11.1 Å². The van der Waals surface area contributed by atoms with Crippen LogP contribution in [-0.2, 0) is 11.3 Å². The Morgan fingerprint density at radius 2 is 1.70 bits per heavy atom. The molecule has 3 aliphatic rings. The molecule has 3 aromatic rings. The van der Waals surface area contributed by atoms with Crippen LogP contribution in [-0.4, -0.2) is 52.5 Å². The molecule has 0 aliphatic carbocycles. The molecular weight excluding hydrogens is 410 g/mol. The van der Waals surface area contributed by atoms with Crippen LogP contribution in [0.25, 0.3) is 21.9 Å². The number of piperidine rings is 2. The third kappa shape index (κ3) is 3.68. The minimum Gasteiger partial charge on any atom is -0.343 e. The van der Waals surface area contributed by atoms with Crippen LogP contribution >= 0.6 is 0 Å². The van der Waals surface area contributed by atoms with Gasteiger partial charge in [-0.2, -0.15) is 0 Å². The van der Waals surface area contributed by atoms with Gasteiger partial charge in [0.2, 0.25) is 5.91 Å². The smallest absolute Gasteiger partial charge is 0.258 e. The van der Waals surface area contributed by atoms with Crippen molar-refractivity contribution in [2.24, 2.45) is 5.92 Å². The van der Waals surface area contributed by atoms with E-state index in [0.717, 1.165) is 56.7 Å². The van der Waals surface area contributed by atoms with Gasteiger partial charge in [-0.3, -0.25) is 14.5 Å². The number of carbonyl (C=O) groups excluding carboxylic acids is 1. The van der Waals surface area contributed by atoms with Gasteiger partial charge in [0.05, 0.1) is 0 Å². The highest BCUT2D eigenvalue weighted by Crippen LogP contribution is 2.37. The highest BCUT2D eigenvalue weighted by molar-refractivity contribution is 5.87. The highest BCUT2D eigenvalue weighted by Gasteiger charge is 2.38. The molecule has 0 N–H and O–H groups in total. The third-order valence-corrected chi connectivity index (χ3v) is 8.12. The van der Waals surface area contributed by atoms with Crippen LogP contribution in [0.1, 0.15) is 37.8 Å². The summed E-state index contributed by atoms with van der Waals surface area (Å²) < 4.78 is 2.07. The van der Waals surface area contributed by atoms with Gasteiger partial charge in [-0.25, -0.2) is 0 Å². The van der Waals surface area contributed by atoms with E-state index in [0.29, 0.717) is 17.9 Å². The van der Waals surface area contributed by atoms with Crippen molar-refractivity contribution in [2.75, 3.05) is 26.2 Å². The van der Waals surface area contributed by atoms with Crippen molar-refractivity contribution in [3.63, 3.8) is 0 Å². The van der Waals surface area contributed by atoms with E-state index in [1.165, 1.54) is 22.9 Å². The summed E-state index contributed by atoms with van der Waals surface area (Å²) in [6.45, 7) is 6.32. The van der Waals surface area contributed by atoms with E-state index < -0.39 is 0 Å². The zero-order valence-corrected chi connectivity index (χ0v) is 19.2. The number of fused-ring (bicyclic) bond motifs is 5. The van der Waals surface area contributed by atoms with Crippen molar-refractivity contribution in [1.29, 1.82) is 0 Å². The zero-order chi connectivity index (χ0) is 22.5. The van der Waals surface area contributed by atoms with Gasteiger partial charge in [-0.15, -0.1) is 0 Å². The molecule has 6 rings (SSSR count). The number of amides is 1. The first-order valence-corrected chi connectivity index (χ1v) is 12.3. The van der Waals surface area contributed by atoms with Crippen molar-refractivity contribution in [1.82, 2.24) is 14.4 Å². The number of aromatic nitrogens is 1. The van der Waals surface area contributed by atoms with Crippen molar-refractivity contribution in [2.45, 2.75) is 44.7 Å². The Hall–Kier alpha value is -2.92. The van der Waals surface area contributed by atoms with E-state index in [1.807, 2.05) is 23.1 Å². The number of pyridine rings is 1. The minimum absolute atomic E-state index is 0.153. The number of nitrogens with zero attached hydrogens (tertiary/aromatic N) is 3. The van der Waals surface area contributed by atoms with Gasteiger partial charge >= 0.3 is 0 Å². The summed E-state index contributed by atoms with van der Waals surface area (Å²) in [5.41, 5.74) is 3.16. The minimum atomic E-state index is 0.153. The Kier molecular flexibility index (Phi) is 5.10. The maximum absolute atomic E-state index is 13.6. The zero-order valence-electron chi connectivity index (χ0n) is 19.2. The van der Waals surface area contributed by atoms with Gasteiger partial charge in [-0.05, 0) is 59.7 Å². The third-order valence-electron chi connectivity index (χ3n) is 8.12. The molecule has 0 unspecified atom stereocenters. The lowest BCUT2D eigenvalue weighted by molar-refractivity contribution is -0.130. The van der Waals surface area contributed by atoms with Crippen molar-refractivity contribution < 1.29 is 4.79 Å². The van der Waals surface area contributed by atoms with Gasteiger partial charge in [0.15, 0.2) is 0 Å². The lowest BCUT2D eigenvalue weighted by atomic mass is 9.81. The van der Waals surface area contributed by atoms with E-state index in [9.17, 15) is 9.59 Å². The molecule has 3 aliphatic heterocycles. The van der Waals surface area contributed by atoms with Gasteiger partial charge < -0.3 is 9.47 Å². The Morgan fingerprint density at radius 1 is 0.909 bits per heavy atom. The van der Waals surface area contributed by atoms with Gasteiger partial charge in [0, 0.05) is 62.9 Å². The second kappa shape index (κ2) is 8.14. The molecule has 2 bridgehead atoms. The maximum atomic E-state index is 13.6. The van der Waals surface area contributed by atoms with Crippen molar-refractivity contribution in [3.05, 3.63) is 70.6 Å². The number of hydrogen-bond donors (Lipinski definition) is 0. The highest BCUT2D eigenvalue weighted by atomic mass is 16.2.